The number of amides is 1. The standard InChI is InChI=1S/C20H16Cl2N4O3S/c1-26-19(16-8-11-4-3-5-15(28-2)18(11)29-16)24-25-20(26)30-10-17(27)23-12-6-7-13(21)14(22)9-12/h3-9H,10H2,1-2H3,(H,23,27). The fraction of sp³-hybridized carbons (Fsp3) is 0.150. The number of nitrogens with one attached hydrogen (secondary N) is 1. The largest absolute Gasteiger partial charge is 0.493 e. The second kappa shape index (κ2) is 8.59. The molecular weight excluding hydrogens is 447 g/mol. The van der Waals surface area contributed by atoms with Crippen molar-refractivity contribution in [3.63, 3.8) is 0 Å². The van der Waals surface area contributed by atoms with Crippen LogP contribution in [0.15, 0.2) is 52.0 Å². The van der Waals surface area contributed by atoms with Crippen LogP contribution in [-0.2, 0) is 11.8 Å². The van der Waals surface area contributed by atoms with Crippen molar-refractivity contribution in [2.45, 2.75) is 5.16 Å². The van der Waals surface area contributed by atoms with Gasteiger partial charge in [-0.25, -0.2) is 0 Å². The van der Waals surface area contributed by atoms with Gasteiger partial charge in [-0.15, -0.1) is 10.2 Å². The Morgan fingerprint density at radius 1 is 1.20 bits per heavy atom. The first-order valence-corrected chi connectivity index (χ1v) is 10.5. The Balaban J connectivity index is 1.47. The van der Waals surface area contributed by atoms with E-state index in [0.717, 1.165) is 5.39 Å². The molecule has 1 N–H and O–H groups in total. The molecule has 2 heterocycles. The zero-order valence-electron chi connectivity index (χ0n) is 16.0. The Bertz CT molecular complexity index is 1240. The number of carbonyl (C=O) groups excluding carboxylic acids is 1. The lowest BCUT2D eigenvalue weighted by Crippen LogP contribution is -2.14. The number of hydrogen-bond acceptors (Lipinski definition) is 6. The highest BCUT2D eigenvalue weighted by atomic mass is 35.5. The van der Waals surface area contributed by atoms with Crippen molar-refractivity contribution in [2.75, 3.05) is 18.2 Å². The second-order valence-electron chi connectivity index (χ2n) is 6.32. The molecule has 0 atom stereocenters. The number of nitrogens with zero attached hydrogens (tertiary/aromatic N) is 3. The molecule has 2 aromatic heterocycles. The van der Waals surface area contributed by atoms with Gasteiger partial charge >= 0.3 is 0 Å². The number of fused-ring (bicyclic) bond motifs is 1. The third-order valence-electron chi connectivity index (χ3n) is 4.32. The summed E-state index contributed by atoms with van der Waals surface area (Å²) in [5.74, 6) is 1.73. The molecule has 1 amide bonds. The van der Waals surface area contributed by atoms with Crippen LogP contribution in [0.1, 0.15) is 0 Å². The maximum absolute atomic E-state index is 12.3. The van der Waals surface area contributed by atoms with Crippen molar-refractivity contribution < 1.29 is 13.9 Å². The highest BCUT2D eigenvalue weighted by Crippen LogP contribution is 2.33. The van der Waals surface area contributed by atoms with Crippen molar-refractivity contribution in [1.29, 1.82) is 0 Å². The van der Waals surface area contributed by atoms with Crippen LogP contribution in [0.4, 0.5) is 5.69 Å². The molecule has 0 radical (unpaired) electrons. The maximum atomic E-state index is 12.3. The number of aromatic nitrogens is 3. The van der Waals surface area contributed by atoms with E-state index >= 15 is 0 Å². The monoisotopic (exact) mass is 462 g/mol. The number of methoxy groups -OCH3 is 1. The molecule has 0 bridgehead atoms. The Labute approximate surface area is 186 Å². The van der Waals surface area contributed by atoms with Crippen molar-refractivity contribution in [2.24, 2.45) is 7.05 Å². The van der Waals surface area contributed by atoms with E-state index in [1.807, 2.05) is 31.3 Å². The Morgan fingerprint density at radius 2 is 2.03 bits per heavy atom. The van der Waals surface area contributed by atoms with E-state index in [1.54, 1.807) is 29.9 Å². The van der Waals surface area contributed by atoms with Gasteiger partial charge in [-0.1, -0.05) is 47.1 Å². The predicted molar refractivity (Wildman–Crippen MR) is 119 cm³/mol. The van der Waals surface area contributed by atoms with Gasteiger partial charge in [0.25, 0.3) is 0 Å². The van der Waals surface area contributed by atoms with Crippen LogP contribution in [0.2, 0.25) is 10.0 Å². The SMILES string of the molecule is COc1cccc2cc(-c3nnc(SCC(=O)Nc4ccc(Cl)c(Cl)c4)n3C)oc12. The molecule has 0 aliphatic heterocycles. The van der Waals surface area contributed by atoms with Crippen LogP contribution < -0.4 is 10.1 Å². The lowest BCUT2D eigenvalue weighted by Gasteiger charge is -2.06. The normalized spacial score (nSPS) is 11.1. The van der Waals surface area contributed by atoms with Gasteiger partial charge in [0.15, 0.2) is 28.1 Å². The zero-order valence-corrected chi connectivity index (χ0v) is 18.3. The van der Waals surface area contributed by atoms with Gasteiger partial charge in [0, 0.05) is 18.1 Å². The third-order valence-corrected chi connectivity index (χ3v) is 6.08. The number of rotatable bonds is 6. The molecule has 0 saturated heterocycles. The van der Waals surface area contributed by atoms with Crippen molar-refractivity contribution in [3.8, 4) is 17.3 Å². The van der Waals surface area contributed by atoms with E-state index < -0.39 is 0 Å². The minimum atomic E-state index is -0.198. The number of halogens is 2. The average molecular weight is 463 g/mol. The predicted octanol–water partition coefficient (Wildman–Crippen LogP) is 5.27. The lowest BCUT2D eigenvalue weighted by atomic mass is 10.2. The van der Waals surface area contributed by atoms with Gasteiger partial charge in [-0.3, -0.25) is 4.79 Å². The molecule has 0 unspecified atom stereocenters. The first kappa shape index (κ1) is 20.6. The van der Waals surface area contributed by atoms with Crippen LogP contribution in [0.25, 0.3) is 22.6 Å². The molecule has 0 fully saturated rings. The highest BCUT2D eigenvalue weighted by Gasteiger charge is 2.18. The Morgan fingerprint density at radius 3 is 2.80 bits per heavy atom. The minimum Gasteiger partial charge on any atom is -0.493 e. The number of ether oxygens (including phenoxy) is 1. The molecule has 10 heteroatoms. The van der Waals surface area contributed by atoms with E-state index in [0.29, 0.717) is 43.8 Å². The zero-order chi connectivity index (χ0) is 21.3. The molecule has 4 aromatic rings. The summed E-state index contributed by atoms with van der Waals surface area (Å²) in [7, 11) is 3.41. The summed E-state index contributed by atoms with van der Waals surface area (Å²) < 4.78 is 13.1. The first-order valence-electron chi connectivity index (χ1n) is 8.80. The van der Waals surface area contributed by atoms with E-state index in [-0.39, 0.29) is 11.7 Å². The van der Waals surface area contributed by atoms with Gasteiger partial charge in [0.05, 0.1) is 22.9 Å². The fourth-order valence-corrected chi connectivity index (χ4v) is 3.87. The van der Waals surface area contributed by atoms with E-state index in [2.05, 4.69) is 15.5 Å². The first-order chi connectivity index (χ1) is 14.5. The summed E-state index contributed by atoms with van der Waals surface area (Å²) in [4.78, 5) is 12.3. The summed E-state index contributed by atoms with van der Waals surface area (Å²) >= 11 is 13.1. The molecule has 4 rings (SSSR count). The summed E-state index contributed by atoms with van der Waals surface area (Å²) in [5, 5.41) is 13.5. The number of para-hydroxylation sites is 1. The molecule has 0 saturated carbocycles. The average Bonchev–Trinajstić information content (AvgIpc) is 3.32. The summed E-state index contributed by atoms with van der Waals surface area (Å²) in [6, 6.07) is 12.5. The smallest absolute Gasteiger partial charge is 0.234 e. The molecule has 154 valence electrons. The van der Waals surface area contributed by atoms with Gasteiger partial charge in [0.1, 0.15) is 0 Å². The molecule has 0 spiro atoms. The molecule has 2 aromatic carbocycles. The third kappa shape index (κ3) is 4.12. The van der Waals surface area contributed by atoms with E-state index in [9.17, 15) is 4.79 Å². The van der Waals surface area contributed by atoms with Crippen LogP contribution >= 0.6 is 35.0 Å². The maximum Gasteiger partial charge on any atom is 0.234 e. The Hall–Kier alpha value is -2.68. The molecule has 7 nitrogen and oxygen atoms in total. The van der Waals surface area contributed by atoms with Crippen LogP contribution in [0.3, 0.4) is 0 Å². The minimum absolute atomic E-state index is 0.153. The Kier molecular flexibility index (Phi) is 5.90. The lowest BCUT2D eigenvalue weighted by molar-refractivity contribution is -0.113. The van der Waals surface area contributed by atoms with Crippen molar-refractivity contribution >= 4 is 57.5 Å². The molecular formula is C20H16Cl2N4O3S. The number of benzene rings is 2. The van der Waals surface area contributed by atoms with Crippen LogP contribution in [-0.4, -0.2) is 33.5 Å². The molecule has 30 heavy (non-hydrogen) atoms. The molecule has 0 aliphatic rings. The second-order valence-corrected chi connectivity index (χ2v) is 8.08. The van der Waals surface area contributed by atoms with E-state index in [1.165, 1.54) is 11.8 Å². The van der Waals surface area contributed by atoms with Gasteiger partial charge < -0.3 is 19.0 Å². The van der Waals surface area contributed by atoms with Crippen LogP contribution in [0.5, 0.6) is 5.75 Å². The number of anilines is 1. The summed E-state index contributed by atoms with van der Waals surface area (Å²) in [6.07, 6.45) is 0. The number of hydrogen-bond donors (Lipinski definition) is 1. The highest BCUT2D eigenvalue weighted by molar-refractivity contribution is 7.99. The number of thioether (sulfide) groups is 1. The number of furan rings is 1. The van der Waals surface area contributed by atoms with Gasteiger partial charge in [-0.05, 0) is 30.3 Å². The van der Waals surface area contributed by atoms with Crippen molar-refractivity contribution in [1.82, 2.24) is 14.8 Å². The topological polar surface area (TPSA) is 82.2 Å². The number of carbonyl (C=O) groups is 1. The van der Waals surface area contributed by atoms with Crippen LogP contribution in [0, 0.1) is 0 Å². The van der Waals surface area contributed by atoms with Crippen molar-refractivity contribution in [3.05, 3.63) is 52.5 Å². The summed E-state index contributed by atoms with van der Waals surface area (Å²) in [6.45, 7) is 0. The van der Waals surface area contributed by atoms with Gasteiger partial charge in [-0.2, -0.15) is 0 Å². The summed E-state index contributed by atoms with van der Waals surface area (Å²) in [5.41, 5.74) is 1.22. The molecule has 0 aliphatic carbocycles. The quantitative estimate of drug-likeness (QED) is 0.392. The van der Waals surface area contributed by atoms with Gasteiger partial charge in [0.2, 0.25) is 5.91 Å². The van der Waals surface area contributed by atoms with E-state index in [4.69, 9.17) is 32.4 Å². The fourth-order valence-electron chi connectivity index (χ4n) is 2.86.